The zero-order valence-electron chi connectivity index (χ0n) is 18.2. The van der Waals surface area contributed by atoms with Crippen molar-refractivity contribution in [1.29, 1.82) is 0 Å². The van der Waals surface area contributed by atoms with Gasteiger partial charge in [-0.25, -0.2) is 0 Å². The van der Waals surface area contributed by atoms with Crippen LogP contribution >= 0.6 is 23.1 Å². The van der Waals surface area contributed by atoms with Crippen LogP contribution in [0.4, 0.5) is 10.8 Å². The van der Waals surface area contributed by atoms with E-state index in [9.17, 15) is 9.59 Å². The number of anilines is 2. The zero-order valence-corrected chi connectivity index (χ0v) is 19.8. The van der Waals surface area contributed by atoms with Crippen LogP contribution in [0.5, 0.6) is 0 Å². The van der Waals surface area contributed by atoms with Gasteiger partial charge in [0.15, 0.2) is 0 Å². The molecule has 32 heavy (non-hydrogen) atoms. The molecule has 0 spiro atoms. The van der Waals surface area contributed by atoms with Crippen LogP contribution in [0, 0.1) is 6.92 Å². The molecular weight excluding hydrogens is 440 g/mol. The summed E-state index contributed by atoms with van der Waals surface area (Å²) in [5.41, 5.74) is 2.67. The van der Waals surface area contributed by atoms with Crippen molar-refractivity contribution in [2.24, 2.45) is 0 Å². The normalized spacial score (nSPS) is 15.9. The first kappa shape index (κ1) is 22.5. The fourth-order valence-electron chi connectivity index (χ4n) is 3.64. The number of carbonyl (C=O) groups excluding carboxylic acids is 2. The summed E-state index contributed by atoms with van der Waals surface area (Å²) < 4.78 is 0. The van der Waals surface area contributed by atoms with E-state index >= 15 is 0 Å². The Hall–Kier alpha value is -2.71. The molecule has 166 valence electrons. The lowest BCUT2D eigenvalue weighted by molar-refractivity contribution is -0.117. The van der Waals surface area contributed by atoms with Gasteiger partial charge in [-0.2, -0.15) is 0 Å². The average Bonchev–Trinajstić information content (AvgIpc) is 3.41. The summed E-state index contributed by atoms with van der Waals surface area (Å²) in [6.07, 6.45) is 2.63. The summed E-state index contributed by atoms with van der Waals surface area (Å²) in [5, 5.41) is 12.6. The number of carbonyl (C=O) groups is 2. The monoisotopic (exact) mass is 466 g/mol. The zero-order chi connectivity index (χ0) is 22.5. The maximum absolute atomic E-state index is 12.9. The van der Waals surface area contributed by atoms with E-state index in [2.05, 4.69) is 22.4 Å². The molecule has 4 rings (SSSR count). The topological polar surface area (TPSA) is 75.2 Å². The fourth-order valence-corrected chi connectivity index (χ4v) is 5.61. The first-order valence-corrected chi connectivity index (χ1v) is 12.6. The molecule has 0 radical (unpaired) electrons. The lowest BCUT2D eigenvalue weighted by atomic mass is 10.1. The predicted molar refractivity (Wildman–Crippen MR) is 131 cm³/mol. The third-order valence-electron chi connectivity index (χ3n) is 5.34. The molecule has 2 aromatic carbocycles. The molecule has 8 heteroatoms. The summed E-state index contributed by atoms with van der Waals surface area (Å²) in [6.45, 7) is 4.74. The Morgan fingerprint density at radius 1 is 1.22 bits per heavy atom. The predicted octanol–water partition coefficient (Wildman–Crippen LogP) is 5.51. The summed E-state index contributed by atoms with van der Waals surface area (Å²) in [4.78, 5) is 28.2. The molecule has 0 aliphatic carbocycles. The van der Waals surface area contributed by atoms with Gasteiger partial charge in [0.2, 0.25) is 11.0 Å². The first-order valence-electron chi connectivity index (χ1n) is 10.8. The second kappa shape index (κ2) is 10.3. The van der Waals surface area contributed by atoms with Gasteiger partial charge in [0, 0.05) is 29.5 Å². The standard InChI is InChI=1S/C24H26N4O2S2/c1-3-4-12-31-20-11-6-5-10-19(20)22(30)25-24-27-26-23(32-24)17-14-21(29)28(15-17)18-9-7-8-16(2)13-18/h5-11,13,17H,3-4,12,14-15H2,1-2H3,(H,25,27,30). The minimum atomic E-state index is -0.184. The highest BCUT2D eigenvalue weighted by molar-refractivity contribution is 7.99. The van der Waals surface area contributed by atoms with Crippen molar-refractivity contribution in [2.45, 2.75) is 43.9 Å². The van der Waals surface area contributed by atoms with Crippen molar-refractivity contribution >= 4 is 45.7 Å². The van der Waals surface area contributed by atoms with Crippen molar-refractivity contribution in [3.8, 4) is 0 Å². The second-order valence-electron chi connectivity index (χ2n) is 7.84. The van der Waals surface area contributed by atoms with E-state index in [0.717, 1.165) is 39.7 Å². The molecule has 6 nitrogen and oxygen atoms in total. The molecule has 1 atom stereocenters. The number of thioether (sulfide) groups is 1. The first-order chi connectivity index (χ1) is 15.5. The fraction of sp³-hybridized carbons (Fsp3) is 0.333. The number of nitrogens with zero attached hydrogens (tertiary/aromatic N) is 3. The number of amides is 2. The summed E-state index contributed by atoms with van der Waals surface area (Å²) in [7, 11) is 0. The van der Waals surface area contributed by atoms with Crippen LogP contribution in [-0.4, -0.2) is 34.3 Å². The molecule has 1 aliphatic rings. The van der Waals surface area contributed by atoms with Gasteiger partial charge in [-0.1, -0.05) is 48.9 Å². The molecule has 1 unspecified atom stereocenters. The van der Waals surface area contributed by atoms with E-state index in [1.807, 2.05) is 55.5 Å². The number of rotatable bonds is 8. The number of hydrogen-bond donors (Lipinski definition) is 1. The van der Waals surface area contributed by atoms with Crippen molar-refractivity contribution in [1.82, 2.24) is 10.2 Å². The van der Waals surface area contributed by atoms with E-state index in [4.69, 9.17) is 0 Å². The molecule has 1 aromatic heterocycles. The Labute approximate surface area is 196 Å². The molecule has 2 amide bonds. The molecule has 2 heterocycles. The van der Waals surface area contributed by atoms with Crippen LogP contribution in [-0.2, 0) is 4.79 Å². The molecule has 3 aromatic rings. The third-order valence-corrected chi connectivity index (χ3v) is 7.50. The summed E-state index contributed by atoms with van der Waals surface area (Å²) >= 11 is 3.04. The van der Waals surface area contributed by atoms with Gasteiger partial charge in [0.05, 0.1) is 5.56 Å². The number of nitrogens with one attached hydrogen (secondary N) is 1. The highest BCUT2D eigenvalue weighted by Crippen LogP contribution is 2.34. The summed E-state index contributed by atoms with van der Waals surface area (Å²) in [6, 6.07) is 15.6. The SMILES string of the molecule is CCCCSc1ccccc1C(=O)Nc1nnc(C2CC(=O)N(c3cccc(C)c3)C2)s1. The highest BCUT2D eigenvalue weighted by Gasteiger charge is 2.34. The van der Waals surface area contributed by atoms with Crippen molar-refractivity contribution < 1.29 is 9.59 Å². The minimum absolute atomic E-state index is 0.0250. The van der Waals surface area contributed by atoms with Gasteiger partial charge in [0.25, 0.3) is 5.91 Å². The third kappa shape index (κ3) is 5.19. The number of hydrogen-bond acceptors (Lipinski definition) is 6. The van der Waals surface area contributed by atoms with E-state index in [1.54, 1.807) is 16.7 Å². The Morgan fingerprint density at radius 2 is 2.06 bits per heavy atom. The lowest BCUT2D eigenvalue weighted by Crippen LogP contribution is -2.24. The summed E-state index contributed by atoms with van der Waals surface area (Å²) in [5.74, 6) is 0.857. The van der Waals surface area contributed by atoms with Crippen molar-refractivity contribution in [3.05, 3.63) is 64.7 Å². The van der Waals surface area contributed by atoms with Crippen LogP contribution in [0.2, 0.25) is 0 Å². The van der Waals surface area contributed by atoms with Gasteiger partial charge >= 0.3 is 0 Å². The Kier molecular flexibility index (Phi) is 7.22. The van der Waals surface area contributed by atoms with Crippen LogP contribution in [0.3, 0.4) is 0 Å². The minimum Gasteiger partial charge on any atom is -0.312 e. The highest BCUT2D eigenvalue weighted by atomic mass is 32.2. The van der Waals surface area contributed by atoms with Gasteiger partial charge in [-0.3, -0.25) is 14.9 Å². The molecule has 1 aliphatic heterocycles. The Morgan fingerprint density at radius 3 is 2.88 bits per heavy atom. The smallest absolute Gasteiger partial charge is 0.258 e. The molecular formula is C24H26N4O2S2. The number of aromatic nitrogens is 2. The van der Waals surface area contributed by atoms with E-state index in [-0.39, 0.29) is 17.7 Å². The largest absolute Gasteiger partial charge is 0.312 e. The lowest BCUT2D eigenvalue weighted by Gasteiger charge is -2.16. The van der Waals surface area contributed by atoms with E-state index < -0.39 is 0 Å². The van der Waals surface area contributed by atoms with Crippen molar-refractivity contribution in [3.63, 3.8) is 0 Å². The van der Waals surface area contributed by atoms with E-state index in [0.29, 0.717) is 23.7 Å². The second-order valence-corrected chi connectivity index (χ2v) is 9.99. The average molecular weight is 467 g/mol. The molecule has 1 saturated heterocycles. The van der Waals surface area contributed by atoms with Gasteiger partial charge in [-0.05, 0) is 48.9 Å². The molecule has 1 N–H and O–H groups in total. The Bertz CT molecular complexity index is 1110. The van der Waals surface area contributed by atoms with Crippen LogP contribution < -0.4 is 10.2 Å². The number of aryl methyl sites for hydroxylation is 1. The molecule has 0 saturated carbocycles. The number of benzene rings is 2. The van der Waals surface area contributed by atoms with Crippen LogP contribution in [0.15, 0.2) is 53.4 Å². The van der Waals surface area contributed by atoms with Crippen LogP contribution in [0.1, 0.15) is 53.0 Å². The quantitative estimate of drug-likeness (QED) is 0.350. The maximum atomic E-state index is 12.9. The van der Waals surface area contributed by atoms with Crippen molar-refractivity contribution in [2.75, 3.05) is 22.5 Å². The Balaban J connectivity index is 1.43. The maximum Gasteiger partial charge on any atom is 0.258 e. The van der Waals surface area contributed by atoms with Gasteiger partial charge < -0.3 is 4.90 Å². The van der Waals surface area contributed by atoms with Gasteiger partial charge in [0.1, 0.15) is 5.01 Å². The molecule has 0 bridgehead atoms. The van der Waals surface area contributed by atoms with E-state index in [1.165, 1.54) is 11.3 Å². The number of unbranched alkanes of at least 4 members (excludes halogenated alkanes) is 1. The van der Waals surface area contributed by atoms with Gasteiger partial charge in [-0.15, -0.1) is 22.0 Å². The van der Waals surface area contributed by atoms with Crippen LogP contribution in [0.25, 0.3) is 0 Å². The molecule has 1 fully saturated rings.